The maximum Gasteiger partial charge on any atom is 0.343 e. The topological polar surface area (TPSA) is 131 Å². The van der Waals surface area contributed by atoms with Crippen LogP contribution in [0.2, 0.25) is 0 Å². The third kappa shape index (κ3) is 7.22. The van der Waals surface area contributed by atoms with Crippen molar-refractivity contribution in [3.05, 3.63) is 72.3 Å². The molecule has 0 aromatic heterocycles. The van der Waals surface area contributed by atoms with Crippen LogP contribution in [0.5, 0.6) is 5.75 Å². The Morgan fingerprint density at radius 1 is 0.897 bits per heavy atom. The van der Waals surface area contributed by atoms with E-state index in [1.165, 1.54) is 30.4 Å². The van der Waals surface area contributed by atoms with Gasteiger partial charge in [0.05, 0.1) is 5.56 Å². The quantitative estimate of drug-likeness (QED) is 0.229. The van der Waals surface area contributed by atoms with Gasteiger partial charge in [-0.15, -0.1) is 0 Å². The smallest absolute Gasteiger partial charge is 0.343 e. The van der Waals surface area contributed by atoms with Crippen molar-refractivity contribution < 1.29 is 28.6 Å². The van der Waals surface area contributed by atoms with Crippen molar-refractivity contribution in [3.8, 4) is 5.75 Å². The minimum absolute atomic E-state index is 0.0524. The van der Waals surface area contributed by atoms with Crippen LogP contribution >= 0.6 is 0 Å². The number of nitrogen functional groups attached to an aromatic ring is 2. The zero-order valence-corrected chi connectivity index (χ0v) is 15.5. The van der Waals surface area contributed by atoms with Crippen LogP contribution in [0.4, 0.5) is 11.4 Å². The van der Waals surface area contributed by atoms with Gasteiger partial charge in [-0.05, 0) is 42.0 Å². The van der Waals surface area contributed by atoms with E-state index in [0.29, 0.717) is 22.7 Å². The number of benzene rings is 2. The second-order valence-electron chi connectivity index (χ2n) is 5.72. The summed E-state index contributed by atoms with van der Waals surface area (Å²) in [6.45, 7) is 3.13. The average molecular weight is 396 g/mol. The highest BCUT2D eigenvalue weighted by Gasteiger charge is 2.10. The Morgan fingerprint density at radius 3 is 2.07 bits per heavy atom. The summed E-state index contributed by atoms with van der Waals surface area (Å²) in [6.07, 6.45) is 3.78. The Hall–Kier alpha value is -4.07. The molecule has 0 fully saturated rings. The van der Waals surface area contributed by atoms with Crippen LogP contribution in [0.1, 0.15) is 15.9 Å². The molecule has 0 bridgehead atoms. The number of esters is 3. The second kappa shape index (κ2) is 10.3. The van der Waals surface area contributed by atoms with E-state index in [1.54, 1.807) is 24.3 Å². The minimum atomic E-state index is -0.590. The third-order valence-electron chi connectivity index (χ3n) is 3.45. The van der Waals surface area contributed by atoms with E-state index in [9.17, 15) is 14.4 Å². The van der Waals surface area contributed by atoms with Crippen LogP contribution in [0.15, 0.2) is 61.2 Å². The fourth-order valence-electron chi connectivity index (χ4n) is 2.16. The molecule has 0 heterocycles. The zero-order valence-electron chi connectivity index (χ0n) is 15.5. The number of nitrogens with two attached hydrogens (primary N) is 2. The lowest BCUT2D eigenvalue weighted by molar-refractivity contribution is -0.145. The molecule has 0 atom stereocenters. The van der Waals surface area contributed by atoms with E-state index >= 15 is 0 Å². The van der Waals surface area contributed by atoms with Gasteiger partial charge in [0.25, 0.3) is 0 Å². The van der Waals surface area contributed by atoms with E-state index in [2.05, 4.69) is 11.3 Å². The van der Waals surface area contributed by atoms with E-state index in [-0.39, 0.29) is 18.8 Å². The molecule has 8 nitrogen and oxygen atoms in total. The highest BCUT2D eigenvalue weighted by molar-refractivity contribution is 5.93. The second-order valence-corrected chi connectivity index (χ2v) is 5.72. The average Bonchev–Trinajstić information content (AvgIpc) is 2.69. The van der Waals surface area contributed by atoms with Gasteiger partial charge in [0.1, 0.15) is 19.0 Å². The minimum Gasteiger partial charge on any atom is -0.459 e. The van der Waals surface area contributed by atoms with Gasteiger partial charge in [-0.25, -0.2) is 14.4 Å². The van der Waals surface area contributed by atoms with Crippen LogP contribution in [-0.2, 0) is 19.1 Å². The fourth-order valence-corrected chi connectivity index (χ4v) is 2.16. The summed E-state index contributed by atoms with van der Waals surface area (Å²) in [6, 6.07) is 11.0. The number of rotatable bonds is 8. The molecule has 29 heavy (non-hydrogen) atoms. The first-order valence-electron chi connectivity index (χ1n) is 8.49. The first-order chi connectivity index (χ1) is 13.9. The molecule has 150 valence electrons. The van der Waals surface area contributed by atoms with Crippen LogP contribution in [-0.4, -0.2) is 31.1 Å². The summed E-state index contributed by atoms with van der Waals surface area (Å²) < 4.78 is 14.8. The molecular formula is C21H20N2O6. The van der Waals surface area contributed by atoms with Crippen molar-refractivity contribution in [1.29, 1.82) is 0 Å². The Bertz CT molecular complexity index is 914. The molecule has 0 aliphatic heterocycles. The monoisotopic (exact) mass is 396 g/mol. The third-order valence-corrected chi connectivity index (χ3v) is 3.45. The molecule has 2 rings (SSSR count). The molecule has 0 spiro atoms. The highest BCUT2D eigenvalue weighted by Crippen LogP contribution is 2.18. The predicted molar refractivity (Wildman–Crippen MR) is 108 cm³/mol. The lowest BCUT2D eigenvalue weighted by Crippen LogP contribution is -2.11. The fraction of sp³-hybridized carbons (Fsp3) is 0.0952. The summed E-state index contributed by atoms with van der Waals surface area (Å²) in [5, 5.41) is 0. The maximum atomic E-state index is 12.2. The summed E-state index contributed by atoms with van der Waals surface area (Å²) in [5.74, 6) is -1.45. The summed E-state index contributed by atoms with van der Waals surface area (Å²) in [7, 11) is 0. The molecule has 8 heteroatoms. The number of hydrogen-bond acceptors (Lipinski definition) is 8. The number of hydrogen-bond donors (Lipinski definition) is 2. The Morgan fingerprint density at radius 2 is 1.48 bits per heavy atom. The zero-order chi connectivity index (χ0) is 21.2. The molecule has 2 aromatic rings. The molecule has 0 saturated carbocycles. The van der Waals surface area contributed by atoms with Gasteiger partial charge in [-0.3, -0.25) is 0 Å². The summed E-state index contributed by atoms with van der Waals surface area (Å²) in [4.78, 5) is 34.6. The molecule has 0 radical (unpaired) electrons. The number of anilines is 2. The Kier molecular flexibility index (Phi) is 7.55. The van der Waals surface area contributed by atoms with Crippen LogP contribution in [0.3, 0.4) is 0 Å². The van der Waals surface area contributed by atoms with Crippen molar-refractivity contribution in [2.75, 3.05) is 24.7 Å². The van der Waals surface area contributed by atoms with Gasteiger partial charge in [-0.2, -0.15) is 0 Å². The summed E-state index contributed by atoms with van der Waals surface area (Å²) in [5.41, 5.74) is 13.0. The molecule has 0 aliphatic rings. The van der Waals surface area contributed by atoms with Crippen molar-refractivity contribution in [3.63, 3.8) is 0 Å². The Labute approximate surface area is 167 Å². The predicted octanol–water partition coefficient (Wildman–Crippen LogP) is 2.36. The van der Waals surface area contributed by atoms with E-state index in [4.69, 9.17) is 20.9 Å². The van der Waals surface area contributed by atoms with E-state index < -0.39 is 17.9 Å². The van der Waals surface area contributed by atoms with Gasteiger partial charge in [0, 0.05) is 23.5 Å². The largest absolute Gasteiger partial charge is 0.459 e. The van der Waals surface area contributed by atoms with Crippen molar-refractivity contribution >= 4 is 35.4 Å². The van der Waals surface area contributed by atoms with Crippen molar-refractivity contribution in [1.82, 2.24) is 0 Å². The van der Waals surface area contributed by atoms with Crippen LogP contribution in [0.25, 0.3) is 6.08 Å². The maximum absolute atomic E-state index is 12.2. The van der Waals surface area contributed by atoms with Crippen LogP contribution < -0.4 is 16.2 Å². The number of carbonyl (C=O) groups excluding carboxylic acids is 3. The van der Waals surface area contributed by atoms with Gasteiger partial charge in [-0.1, -0.05) is 18.7 Å². The molecule has 2 aromatic carbocycles. The normalized spacial score (nSPS) is 10.3. The first kappa shape index (κ1) is 21.2. The molecule has 4 N–H and O–H groups in total. The lowest BCUT2D eigenvalue weighted by Gasteiger charge is -2.06. The first-order valence-corrected chi connectivity index (χ1v) is 8.49. The van der Waals surface area contributed by atoms with Gasteiger partial charge in [0.15, 0.2) is 0 Å². The number of carbonyl (C=O) groups is 3. The Balaban J connectivity index is 1.85. The molecule has 0 saturated heterocycles. The van der Waals surface area contributed by atoms with Gasteiger partial charge in [0.2, 0.25) is 0 Å². The standard InChI is InChI=1S/C21H20N2O6/c1-2-19(24)27-9-10-28-20(25)8-5-14-3-6-18(7-4-14)29-21(26)15-11-16(22)13-17(23)12-15/h2-8,11-13H,1,9-10,22-23H2. The molecular weight excluding hydrogens is 376 g/mol. The van der Waals surface area contributed by atoms with Crippen molar-refractivity contribution in [2.24, 2.45) is 0 Å². The molecule has 0 amide bonds. The summed E-state index contributed by atoms with van der Waals surface area (Å²) >= 11 is 0. The van der Waals surface area contributed by atoms with Crippen LogP contribution in [0, 0.1) is 0 Å². The van der Waals surface area contributed by atoms with Gasteiger partial charge < -0.3 is 25.7 Å². The highest BCUT2D eigenvalue weighted by atomic mass is 16.6. The van der Waals surface area contributed by atoms with E-state index in [0.717, 1.165) is 6.08 Å². The molecule has 0 aliphatic carbocycles. The SMILES string of the molecule is C=CC(=O)OCCOC(=O)C=Cc1ccc(OC(=O)c2cc(N)cc(N)c2)cc1. The lowest BCUT2D eigenvalue weighted by atomic mass is 10.1. The van der Waals surface area contributed by atoms with Crippen molar-refractivity contribution in [2.45, 2.75) is 0 Å². The van der Waals surface area contributed by atoms with Gasteiger partial charge >= 0.3 is 17.9 Å². The molecule has 0 unspecified atom stereocenters. The number of ether oxygens (including phenoxy) is 3. The van der Waals surface area contributed by atoms with E-state index in [1.807, 2.05) is 0 Å².